The molecule has 92 valence electrons. The van der Waals surface area contributed by atoms with Gasteiger partial charge in [0, 0.05) is 16.8 Å². The number of aliphatic imine (C=N–C) groups is 1. The van der Waals surface area contributed by atoms with Gasteiger partial charge in [0.2, 0.25) is 0 Å². The molecule has 0 N–H and O–H groups in total. The van der Waals surface area contributed by atoms with Crippen LogP contribution in [0.1, 0.15) is 16.7 Å². The molecule has 0 aromatic heterocycles. The summed E-state index contributed by atoms with van der Waals surface area (Å²) < 4.78 is 0. The molecule has 3 heteroatoms. The predicted molar refractivity (Wildman–Crippen MR) is 79.6 cm³/mol. The molecule has 0 atom stereocenters. The second-order valence-corrected chi connectivity index (χ2v) is 5.01. The van der Waals surface area contributed by atoms with Crippen molar-refractivity contribution in [3.63, 3.8) is 0 Å². The van der Waals surface area contributed by atoms with Crippen LogP contribution >= 0.6 is 23.2 Å². The van der Waals surface area contributed by atoms with E-state index in [1.165, 1.54) is 0 Å². The van der Waals surface area contributed by atoms with Crippen molar-refractivity contribution in [3.8, 4) is 0 Å². The summed E-state index contributed by atoms with van der Waals surface area (Å²) >= 11 is 12.0. The quantitative estimate of drug-likeness (QED) is 0.655. The number of benzene rings is 2. The number of aryl methyl sites for hydroxylation is 2. The third-order valence-corrected chi connectivity index (χ3v) is 3.30. The van der Waals surface area contributed by atoms with E-state index in [4.69, 9.17) is 23.2 Å². The van der Waals surface area contributed by atoms with E-state index in [1.54, 1.807) is 18.3 Å². The summed E-state index contributed by atoms with van der Waals surface area (Å²) in [4.78, 5) is 4.51. The van der Waals surface area contributed by atoms with Crippen LogP contribution in [-0.4, -0.2) is 6.21 Å². The van der Waals surface area contributed by atoms with Gasteiger partial charge in [-0.3, -0.25) is 4.99 Å². The van der Waals surface area contributed by atoms with Gasteiger partial charge in [-0.1, -0.05) is 47.5 Å². The van der Waals surface area contributed by atoms with Crippen molar-refractivity contribution < 1.29 is 0 Å². The van der Waals surface area contributed by atoms with E-state index in [9.17, 15) is 0 Å². The molecule has 0 fully saturated rings. The second kappa shape index (κ2) is 5.55. The van der Waals surface area contributed by atoms with E-state index < -0.39 is 0 Å². The summed E-state index contributed by atoms with van der Waals surface area (Å²) in [5, 5.41) is 1.24. The van der Waals surface area contributed by atoms with Crippen LogP contribution < -0.4 is 0 Å². The van der Waals surface area contributed by atoms with Gasteiger partial charge in [-0.2, -0.15) is 0 Å². The molecule has 2 rings (SSSR count). The summed E-state index contributed by atoms with van der Waals surface area (Å²) in [6.07, 6.45) is 1.77. The van der Waals surface area contributed by atoms with E-state index in [0.29, 0.717) is 10.0 Å². The lowest BCUT2D eigenvalue weighted by molar-refractivity contribution is 1.33. The summed E-state index contributed by atoms with van der Waals surface area (Å²) in [7, 11) is 0. The first kappa shape index (κ1) is 13.1. The Morgan fingerprint density at radius 1 is 1.00 bits per heavy atom. The lowest BCUT2D eigenvalue weighted by atomic mass is 10.1. The Balaban J connectivity index is 2.36. The Hall–Kier alpha value is -1.31. The van der Waals surface area contributed by atoms with E-state index in [-0.39, 0.29) is 0 Å². The fourth-order valence-corrected chi connectivity index (χ4v) is 2.21. The van der Waals surface area contributed by atoms with Gasteiger partial charge in [0.1, 0.15) is 0 Å². The third kappa shape index (κ3) is 2.92. The minimum atomic E-state index is 0.609. The van der Waals surface area contributed by atoms with Crippen LogP contribution in [0.2, 0.25) is 10.0 Å². The number of rotatable bonds is 2. The first-order valence-corrected chi connectivity index (χ1v) is 6.39. The number of hydrogen-bond donors (Lipinski definition) is 0. The third-order valence-electron chi connectivity index (χ3n) is 2.73. The normalized spacial score (nSPS) is 11.1. The fraction of sp³-hybridized carbons (Fsp3) is 0.133. The van der Waals surface area contributed by atoms with Crippen LogP contribution in [0.4, 0.5) is 5.69 Å². The van der Waals surface area contributed by atoms with Gasteiger partial charge in [-0.05, 0) is 37.1 Å². The molecule has 0 unspecified atom stereocenters. The highest BCUT2D eigenvalue weighted by Gasteiger charge is 2.01. The monoisotopic (exact) mass is 277 g/mol. The molecule has 0 amide bonds. The fourth-order valence-electron chi connectivity index (χ4n) is 1.75. The lowest BCUT2D eigenvalue weighted by Crippen LogP contribution is -1.85. The number of halogens is 2. The topological polar surface area (TPSA) is 12.4 Å². The summed E-state index contributed by atoms with van der Waals surface area (Å²) in [6.45, 7) is 4.09. The van der Waals surface area contributed by atoms with E-state index in [0.717, 1.165) is 22.4 Å². The van der Waals surface area contributed by atoms with Gasteiger partial charge in [0.25, 0.3) is 0 Å². The van der Waals surface area contributed by atoms with Crippen LogP contribution in [-0.2, 0) is 0 Å². The van der Waals surface area contributed by atoms with Gasteiger partial charge >= 0.3 is 0 Å². The van der Waals surface area contributed by atoms with Crippen LogP contribution in [0.15, 0.2) is 41.4 Å². The molecule has 0 aliphatic heterocycles. The highest BCUT2D eigenvalue weighted by atomic mass is 35.5. The molecular weight excluding hydrogens is 265 g/mol. The molecule has 0 radical (unpaired) electrons. The molecule has 1 nitrogen and oxygen atoms in total. The van der Waals surface area contributed by atoms with Crippen molar-refractivity contribution in [2.75, 3.05) is 0 Å². The minimum absolute atomic E-state index is 0.609. The molecular formula is C15H13Cl2N. The van der Waals surface area contributed by atoms with E-state index in [1.807, 2.05) is 38.1 Å². The number of para-hydroxylation sites is 1. The van der Waals surface area contributed by atoms with Crippen LogP contribution in [0, 0.1) is 13.8 Å². The standard InChI is InChI=1S/C15H13Cl2N/c1-10-4-3-5-11(2)15(10)18-9-12-6-7-13(16)8-14(12)17/h3-9H,1-2H3/b18-9+. The molecule has 0 heterocycles. The van der Waals surface area contributed by atoms with Crippen LogP contribution in [0.25, 0.3) is 0 Å². The smallest absolute Gasteiger partial charge is 0.0688 e. The lowest BCUT2D eigenvalue weighted by Gasteiger charge is -2.04. The molecule has 0 bridgehead atoms. The molecule has 18 heavy (non-hydrogen) atoms. The Bertz CT molecular complexity index is 583. The van der Waals surface area contributed by atoms with Crippen molar-refractivity contribution in [2.45, 2.75) is 13.8 Å². The molecule has 0 spiro atoms. The van der Waals surface area contributed by atoms with Crippen molar-refractivity contribution in [2.24, 2.45) is 4.99 Å². The van der Waals surface area contributed by atoms with Gasteiger partial charge in [-0.25, -0.2) is 0 Å². The molecule has 0 saturated heterocycles. The average molecular weight is 278 g/mol. The van der Waals surface area contributed by atoms with Crippen LogP contribution in [0.5, 0.6) is 0 Å². The largest absolute Gasteiger partial charge is 0.256 e. The van der Waals surface area contributed by atoms with E-state index in [2.05, 4.69) is 4.99 Å². The maximum atomic E-state index is 6.10. The van der Waals surface area contributed by atoms with Crippen molar-refractivity contribution in [3.05, 3.63) is 63.1 Å². The first-order valence-electron chi connectivity index (χ1n) is 5.63. The zero-order valence-corrected chi connectivity index (χ0v) is 11.8. The first-order chi connectivity index (χ1) is 8.58. The molecule has 0 aliphatic rings. The molecule has 0 saturated carbocycles. The van der Waals surface area contributed by atoms with E-state index >= 15 is 0 Å². The minimum Gasteiger partial charge on any atom is -0.256 e. The van der Waals surface area contributed by atoms with Crippen molar-refractivity contribution in [1.29, 1.82) is 0 Å². The van der Waals surface area contributed by atoms with Crippen molar-refractivity contribution in [1.82, 2.24) is 0 Å². The molecule has 0 aliphatic carbocycles. The summed E-state index contributed by atoms with van der Waals surface area (Å²) in [5.41, 5.74) is 4.15. The van der Waals surface area contributed by atoms with Gasteiger partial charge in [-0.15, -0.1) is 0 Å². The van der Waals surface area contributed by atoms with Crippen molar-refractivity contribution >= 4 is 35.1 Å². The maximum absolute atomic E-state index is 6.10. The predicted octanol–water partition coefficient (Wildman–Crippen LogP) is 5.36. The summed E-state index contributed by atoms with van der Waals surface area (Å²) in [6, 6.07) is 11.5. The van der Waals surface area contributed by atoms with Gasteiger partial charge in [0.05, 0.1) is 10.7 Å². The Labute approximate surface area is 117 Å². The maximum Gasteiger partial charge on any atom is 0.0688 e. The Morgan fingerprint density at radius 2 is 1.67 bits per heavy atom. The molecule has 2 aromatic rings. The SMILES string of the molecule is Cc1cccc(C)c1/N=C/c1ccc(Cl)cc1Cl. The summed E-state index contributed by atoms with van der Waals surface area (Å²) in [5.74, 6) is 0. The molecule has 2 aromatic carbocycles. The zero-order chi connectivity index (χ0) is 13.1. The second-order valence-electron chi connectivity index (χ2n) is 4.16. The highest BCUT2D eigenvalue weighted by Crippen LogP contribution is 2.24. The van der Waals surface area contributed by atoms with Gasteiger partial charge < -0.3 is 0 Å². The number of hydrogen-bond acceptors (Lipinski definition) is 1. The Morgan fingerprint density at radius 3 is 2.28 bits per heavy atom. The van der Waals surface area contributed by atoms with Gasteiger partial charge in [0.15, 0.2) is 0 Å². The highest BCUT2D eigenvalue weighted by molar-refractivity contribution is 6.36. The Kier molecular flexibility index (Phi) is 4.05. The zero-order valence-electron chi connectivity index (χ0n) is 10.2. The number of nitrogens with zero attached hydrogens (tertiary/aromatic N) is 1. The van der Waals surface area contributed by atoms with Crippen LogP contribution in [0.3, 0.4) is 0 Å². The average Bonchev–Trinajstić information content (AvgIpc) is 2.31.